The van der Waals surface area contributed by atoms with E-state index < -0.39 is 28.2 Å². The van der Waals surface area contributed by atoms with Crippen LogP contribution >= 0.6 is 11.8 Å². The average molecular weight is 469 g/mol. The van der Waals surface area contributed by atoms with Gasteiger partial charge < -0.3 is 9.80 Å². The summed E-state index contributed by atoms with van der Waals surface area (Å²) in [4.78, 5) is 29.0. The van der Waals surface area contributed by atoms with Crippen LogP contribution in [0.2, 0.25) is 0 Å². The van der Waals surface area contributed by atoms with Gasteiger partial charge in [0.1, 0.15) is 17.5 Å². The van der Waals surface area contributed by atoms with Crippen molar-refractivity contribution in [1.29, 1.82) is 0 Å². The number of amides is 2. The van der Waals surface area contributed by atoms with Crippen LogP contribution in [0.15, 0.2) is 60.7 Å². The van der Waals surface area contributed by atoms with Crippen LogP contribution < -0.4 is 4.90 Å². The van der Waals surface area contributed by atoms with Gasteiger partial charge in [-0.2, -0.15) is 0 Å². The highest BCUT2D eigenvalue weighted by atomic mass is 32.2. The van der Waals surface area contributed by atoms with Crippen molar-refractivity contribution in [2.24, 2.45) is 0 Å². The Morgan fingerprint density at radius 1 is 1.03 bits per heavy atom. The summed E-state index contributed by atoms with van der Waals surface area (Å²) >= 11 is 1.33. The Balaban J connectivity index is 1.60. The zero-order valence-electron chi connectivity index (χ0n) is 17.6. The second-order valence-electron chi connectivity index (χ2n) is 8.11. The Morgan fingerprint density at radius 2 is 1.82 bits per heavy atom. The molecule has 0 aliphatic carbocycles. The fourth-order valence-corrected chi connectivity index (χ4v) is 5.94. The van der Waals surface area contributed by atoms with E-state index in [-0.39, 0.29) is 23.6 Å². The Kier molecular flexibility index (Phi) is 5.20. The summed E-state index contributed by atoms with van der Waals surface area (Å²) in [7, 11) is 0. The van der Waals surface area contributed by atoms with E-state index in [9.17, 15) is 22.8 Å². The Labute approximate surface area is 193 Å². The zero-order chi connectivity index (χ0) is 23.3. The maximum absolute atomic E-state index is 14.4. The number of anilines is 1. The molecule has 2 heterocycles. The van der Waals surface area contributed by atoms with Gasteiger partial charge in [-0.05, 0) is 37.3 Å². The first kappa shape index (κ1) is 21.6. The number of thioether (sulfide) groups is 1. The molecule has 0 saturated carbocycles. The van der Waals surface area contributed by atoms with Gasteiger partial charge in [0.05, 0.1) is 12.2 Å². The molecule has 0 N–H and O–H groups in total. The summed E-state index contributed by atoms with van der Waals surface area (Å²) in [6.07, 6.45) is 0. The van der Waals surface area contributed by atoms with E-state index in [0.29, 0.717) is 23.5 Å². The minimum Gasteiger partial charge on any atom is -0.311 e. The molecule has 2 aliphatic rings. The predicted octanol–water partition coefficient (Wildman–Crippen LogP) is 5.00. The fraction of sp³-hybridized carbons (Fsp3) is 0.200. The van der Waals surface area contributed by atoms with E-state index in [1.54, 1.807) is 6.07 Å². The number of fused-ring (bicyclic) bond motifs is 2. The highest BCUT2D eigenvalue weighted by molar-refractivity contribution is 8.01. The van der Waals surface area contributed by atoms with Crippen molar-refractivity contribution < 1.29 is 22.8 Å². The second kappa shape index (κ2) is 7.95. The van der Waals surface area contributed by atoms with Crippen LogP contribution in [0.5, 0.6) is 0 Å². The van der Waals surface area contributed by atoms with Gasteiger partial charge >= 0.3 is 0 Å². The maximum atomic E-state index is 14.4. The number of hydrogen-bond donors (Lipinski definition) is 0. The molecule has 1 unspecified atom stereocenters. The minimum atomic E-state index is -1.33. The number of hydrogen-bond acceptors (Lipinski definition) is 3. The topological polar surface area (TPSA) is 40.6 Å². The molecular weight excluding hydrogens is 449 g/mol. The van der Waals surface area contributed by atoms with Crippen molar-refractivity contribution >= 4 is 29.3 Å². The summed E-state index contributed by atoms with van der Waals surface area (Å²) in [6.45, 7) is 2.09. The molecule has 0 aromatic heterocycles. The normalized spacial score (nSPS) is 19.5. The maximum Gasteiger partial charge on any atom is 0.268 e. The lowest BCUT2D eigenvalue weighted by atomic mass is 10.0. The molecular formula is C25H19F3N2O2S. The molecule has 0 bridgehead atoms. The first-order valence-electron chi connectivity index (χ1n) is 10.4. The SMILES string of the molecule is Cc1ccc2c(c1)C1(SCCN1C(=O)c1cccc(F)c1)C(=O)N2Cc1ccc(F)cc1F. The second-order valence-corrected chi connectivity index (χ2v) is 9.39. The molecule has 1 saturated heterocycles. The van der Waals surface area contributed by atoms with Crippen molar-refractivity contribution in [2.75, 3.05) is 17.2 Å². The number of carbonyl (C=O) groups excluding carboxylic acids is 2. The molecule has 0 radical (unpaired) electrons. The highest BCUT2D eigenvalue weighted by Gasteiger charge is 2.59. The standard InChI is InChI=1S/C25H19F3N2O2S/c1-15-5-8-22-20(11-15)25(24(32)29(22)14-17-6-7-19(27)13-21(17)28)30(9-10-33-25)23(31)16-3-2-4-18(26)12-16/h2-8,11-13H,9-10,14H2,1H3. The fourth-order valence-electron chi connectivity index (χ4n) is 4.48. The molecule has 8 heteroatoms. The van der Waals surface area contributed by atoms with Gasteiger partial charge in [-0.3, -0.25) is 9.59 Å². The minimum absolute atomic E-state index is 0.106. The van der Waals surface area contributed by atoms with Crippen molar-refractivity contribution in [3.8, 4) is 0 Å². The molecule has 168 valence electrons. The third kappa shape index (κ3) is 3.40. The summed E-state index contributed by atoms with van der Waals surface area (Å²) in [6, 6.07) is 14.1. The zero-order valence-corrected chi connectivity index (χ0v) is 18.5. The monoisotopic (exact) mass is 468 g/mol. The Hall–Kier alpha value is -3.26. The lowest BCUT2D eigenvalue weighted by molar-refractivity contribution is -0.123. The first-order chi connectivity index (χ1) is 15.8. The van der Waals surface area contributed by atoms with Crippen molar-refractivity contribution in [2.45, 2.75) is 18.3 Å². The molecule has 1 fully saturated rings. The van der Waals surface area contributed by atoms with Gasteiger partial charge in [-0.1, -0.05) is 29.8 Å². The third-order valence-corrected chi connectivity index (χ3v) is 7.43. The summed E-state index contributed by atoms with van der Waals surface area (Å²) in [5.41, 5.74) is 2.44. The molecule has 33 heavy (non-hydrogen) atoms. The third-order valence-electron chi connectivity index (χ3n) is 6.01. The van der Waals surface area contributed by atoms with Crippen LogP contribution in [0, 0.1) is 24.4 Å². The largest absolute Gasteiger partial charge is 0.311 e. The molecule has 5 rings (SSSR count). The number of nitrogens with zero attached hydrogens (tertiary/aromatic N) is 2. The number of halogens is 3. The van der Waals surface area contributed by atoms with Crippen LogP contribution in [0.1, 0.15) is 27.0 Å². The average Bonchev–Trinajstić information content (AvgIpc) is 3.32. The number of carbonyl (C=O) groups is 2. The van der Waals surface area contributed by atoms with Gasteiger partial charge in [0.15, 0.2) is 4.87 Å². The van der Waals surface area contributed by atoms with Crippen LogP contribution in [0.4, 0.5) is 18.9 Å². The van der Waals surface area contributed by atoms with E-state index in [0.717, 1.165) is 23.8 Å². The van der Waals surface area contributed by atoms with E-state index in [1.807, 2.05) is 19.1 Å². The first-order valence-corrected chi connectivity index (χ1v) is 11.4. The molecule has 1 atom stereocenters. The molecule has 4 nitrogen and oxygen atoms in total. The number of aryl methyl sites for hydroxylation is 1. The van der Waals surface area contributed by atoms with Crippen molar-refractivity contribution in [1.82, 2.24) is 4.90 Å². The van der Waals surface area contributed by atoms with E-state index >= 15 is 0 Å². The van der Waals surface area contributed by atoms with E-state index in [1.165, 1.54) is 45.8 Å². The molecule has 3 aromatic rings. The van der Waals surface area contributed by atoms with Gasteiger partial charge in [0, 0.05) is 35.1 Å². The molecule has 3 aromatic carbocycles. The van der Waals surface area contributed by atoms with Crippen molar-refractivity contribution in [3.63, 3.8) is 0 Å². The smallest absolute Gasteiger partial charge is 0.268 e. The van der Waals surface area contributed by atoms with Gasteiger partial charge in [-0.25, -0.2) is 13.2 Å². The van der Waals surface area contributed by atoms with Gasteiger partial charge in [-0.15, -0.1) is 11.8 Å². The summed E-state index contributed by atoms with van der Waals surface area (Å²) in [5.74, 6) is -2.30. The van der Waals surface area contributed by atoms with Crippen molar-refractivity contribution in [3.05, 3.63) is 100 Å². The summed E-state index contributed by atoms with van der Waals surface area (Å²) < 4.78 is 41.6. The highest BCUT2D eigenvalue weighted by Crippen LogP contribution is 2.55. The van der Waals surface area contributed by atoms with Crippen LogP contribution in [0.25, 0.3) is 0 Å². The van der Waals surface area contributed by atoms with Crippen LogP contribution in [-0.4, -0.2) is 29.0 Å². The Morgan fingerprint density at radius 3 is 2.58 bits per heavy atom. The van der Waals surface area contributed by atoms with Gasteiger partial charge in [0.2, 0.25) is 0 Å². The molecule has 2 amide bonds. The van der Waals surface area contributed by atoms with E-state index in [2.05, 4.69) is 0 Å². The van der Waals surface area contributed by atoms with Crippen LogP contribution in [-0.2, 0) is 16.2 Å². The van der Waals surface area contributed by atoms with E-state index in [4.69, 9.17) is 0 Å². The van der Waals surface area contributed by atoms with Crippen LogP contribution in [0.3, 0.4) is 0 Å². The quantitative estimate of drug-likeness (QED) is 0.543. The summed E-state index contributed by atoms with van der Waals surface area (Å²) in [5, 5.41) is 0. The predicted molar refractivity (Wildman–Crippen MR) is 120 cm³/mol. The van der Waals surface area contributed by atoms with Gasteiger partial charge in [0.25, 0.3) is 11.8 Å². The number of benzene rings is 3. The molecule has 1 spiro atoms. The lowest BCUT2D eigenvalue weighted by Gasteiger charge is -2.33. The number of rotatable bonds is 3. The lowest BCUT2D eigenvalue weighted by Crippen LogP contribution is -2.50. The molecule has 2 aliphatic heterocycles. The Bertz CT molecular complexity index is 1300.